The smallest absolute Gasteiger partial charge is 0.255 e. The van der Waals surface area contributed by atoms with E-state index in [0.717, 1.165) is 46.4 Å². The monoisotopic (exact) mass is 369 g/mol. The molecule has 5 rings (SSSR count). The van der Waals surface area contributed by atoms with Crippen LogP contribution < -0.4 is 5.56 Å². The third kappa shape index (κ3) is 3.18. The lowest BCUT2D eigenvalue weighted by atomic mass is 10.1. The van der Waals surface area contributed by atoms with Gasteiger partial charge in [-0.15, -0.1) is 0 Å². The number of aromatic nitrogens is 4. The molecule has 0 fully saturated rings. The van der Waals surface area contributed by atoms with E-state index in [9.17, 15) is 4.79 Å². The number of hydrogen-bond acceptors (Lipinski definition) is 5. The highest BCUT2D eigenvalue weighted by Crippen LogP contribution is 2.20. The highest BCUT2D eigenvalue weighted by atomic mass is 16.1. The molecule has 0 amide bonds. The first-order valence-corrected chi connectivity index (χ1v) is 9.36. The Kier molecular flexibility index (Phi) is 4.18. The van der Waals surface area contributed by atoms with Crippen LogP contribution in [-0.2, 0) is 19.5 Å². The number of para-hydroxylation sites is 1. The normalized spacial score (nSPS) is 14.1. The van der Waals surface area contributed by atoms with Gasteiger partial charge in [-0.1, -0.05) is 24.3 Å². The summed E-state index contributed by atoms with van der Waals surface area (Å²) < 4.78 is 0. The van der Waals surface area contributed by atoms with Crippen LogP contribution in [0.3, 0.4) is 0 Å². The Labute approximate surface area is 161 Å². The molecule has 0 atom stereocenters. The molecule has 1 N–H and O–H groups in total. The van der Waals surface area contributed by atoms with Gasteiger partial charge in [0.15, 0.2) is 0 Å². The van der Waals surface area contributed by atoms with Crippen molar-refractivity contribution in [2.45, 2.75) is 19.5 Å². The number of hydrogen-bond donors (Lipinski definition) is 1. The molecule has 0 unspecified atom stereocenters. The molecule has 6 heteroatoms. The summed E-state index contributed by atoms with van der Waals surface area (Å²) in [5.41, 5.74) is 4.40. The van der Waals surface area contributed by atoms with Gasteiger partial charge in [-0.2, -0.15) is 0 Å². The molecular weight excluding hydrogens is 350 g/mol. The lowest BCUT2D eigenvalue weighted by Gasteiger charge is -2.27. The summed E-state index contributed by atoms with van der Waals surface area (Å²) in [7, 11) is 0. The van der Waals surface area contributed by atoms with Gasteiger partial charge in [0.25, 0.3) is 5.56 Å². The Morgan fingerprint density at radius 1 is 1.04 bits per heavy atom. The van der Waals surface area contributed by atoms with Crippen molar-refractivity contribution in [1.29, 1.82) is 0 Å². The first-order valence-electron chi connectivity index (χ1n) is 9.36. The zero-order chi connectivity index (χ0) is 18.9. The van der Waals surface area contributed by atoms with Crippen molar-refractivity contribution in [3.8, 4) is 11.4 Å². The molecular formula is C22H19N5O. The molecule has 1 aromatic carbocycles. The average molecular weight is 369 g/mol. The molecule has 4 heterocycles. The van der Waals surface area contributed by atoms with Crippen molar-refractivity contribution in [1.82, 2.24) is 24.8 Å². The summed E-state index contributed by atoms with van der Waals surface area (Å²) >= 11 is 0. The number of nitrogens with one attached hydrogen (secondary N) is 1. The number of benzene rings is 1. The second kappa shape index (κ2) is 6.98. The lowest BCUT2D eigenvalue weighted by molar-refractivity contribution is 0.239. The van der Waals surface area contributed by atoms with Gasteiger partial charge in [0, 0.05) is 49.4 Å². The Balaban J connectivity index is 1.39. The van der Waals surface area contributed by atoms with Crippen LogP contribution in [0.2, 0.25) is 0 Å². The minimum Gasteiger partial charge on any atom is -0.306 e. The molecule has 6 nitrogen and oxygen atoms in total. The van der Waals surface area contributed by atoms with Crippen LogP contribution in [-0.4, -0.2) is 31.4 Å². The molecule has 0 bridgehead atoms. The topological polar surface area (TPSA) is 74.8 Å². The number of pyridine rings is 2. The zero-order valence-corrected chi connectivity index (χ0v) is 15.3. The zero-order valence-electron chi connectivity index (χ0n) is 15.3. The summed E-state index contributed by atoms with van der Waals surface area (Å²) in [5, 5.41) is 1.14. The fraction of sp³-hybridized carbons (Fsp3) is 0.182. The quantitative estimate of drug-likeness (QED) is 0.601. The fourth-order valence-corrected chi connectivity index (χ4v) is 3.68. The van der Waals surface area contributed by atoms with Gasteiger partial charge in [-0.05, 0) is 24.3 Å². The maximum atomic E-state index is 12.7. The lowest BCUT2D eigenvalue weighted by Crippen LogP contribution is -2.35. The molecule has 4 aromatic rings. The molecule has 1 aliphatic rings. The maximum Gasteiger partial charge on any atom is 0.255 e. The van der Waals surface area contributed by atoms with Crippen molar-refractivity contribution < 1.29 is 0 Å². The number of nitrogens with zero attached hydrogens (tertiary/aromatic N) is 4. The third-order valence-corrected chi connectivity index (χ3v) is 5.12. The van der Waals surface area contributed by atoms with E-state index < -0.39 is 0 Å². The van der Waals surface area contributed by atoms with Crippen molar-refractivity contribution in [3.05, 3.63) is 88.2 Å². The Hall–Kier alpha value is -3.38. The second-order valence-electron chi connectivity index (χ2n) is 7.04. The second-order valence-corrected chi connectivity index (χ2v) is 7.04. The predicted octanol–water partition coefficient (Wildman–Crippen LogP) is 2.94. The fourth-order valence-electron chi connectivity index (χ4n) is 3.68. The van der Waals surface area contributed by atoms with E-state index in [1.54, 1.807) is 12.4 Å². The van der Waals surface area contributed by atoms with Crippen LogP contribution in [0.25, 0.3) is 22.3 Å². The predicted molar refractivity (Wildman–Crippen MR) is 108 cm³/mol. The SMILES string of the molecule is O=c1[nH]c(-c2cccnc2)nc2c1CN(Cc1ccc3ccccc3n1)CC2. The minimum atomic E-state index is -0.0694. The van der Waals surface area contributed by atoms with E-state index in [-0.39, 0.29) is 5.56 Å². The Bertz CT molecular complexity index is 1200. The van der Waals surface area contributed by atoms with Crippen molar-refractivity contribution in [2.75, 3.05) is 6.54 Å². The summed E-state index contributed by atoms with van der Waals surface area (Å²) in [4.78, 5) is 31.4. The number of H-pyrrole nitrogens is 1. The van der Waals surface area contributed by atoms with E-state index in [4.69, 9.17) is 4.98 Å². The van der Waals surface area contributed by atoms with Crippen LogP contribution in [0.4, 0.5) is 0 Å². The molecule has 28 heavy (non-hydrogen) atoms. The van der Waals surface area contributed by atoms with E-state index in [1.165, 1.54) is 0 Å². The van der Waals surface area contributed by atoms with Crippen molar-refractivity contribution >= 4 is 10.9 Å². The summed E-state index contributed by atoms with van der Waals surface area (Å²) in [6.07, 6.45) is 4.17. The maximum absolute atomic E-state index is 12.7. The standard InChI is InChI=1S/C22H19N5O/c28-22-18-14-27(13-17-8-7-15-4-1-2-6-19(15)24-17)11-9-20(18)25-21(26-22)16-5-3-10-23-12-16/h1-8,10,12H,9,11,13-14H2,(H,25,26,28). The third-order valence-electron chi connectivity index (χ3n) is 5.12. The Morgan fingerprint density at radius 3 is 2.86 bits per heavy atom. The largest absolute Gasteiger partial charge is 0.306 e. The van der Waals surface area contributed by atoms with E-state index in [2.05, 4.69) is 38.1 Å². The van der Waals surface area contributed by atoms with Crippen molar-refractivity contribution in [3.63, 3.8) is 0 Å². The van der Waals surface area contributed by atoms with Crippen molar-refractivity contribution in [2.24, 2.45) is 0 Å². The van der Waals surface area contributed by atoms with Gasteiger partial charge in [0.05, 0.1) is 22.5 Å². The van der Waals surface area contributed by atoms with E-state index in [0.29, 0.717) is 18.9 Å². The van der Waals surface area contributed by atoms with Crippen LogP contribution in [0.1, 0.15) is 17.0 Å². The summed E-state index contributed by atoms with van der Waals surface area (Å²) in [6.45, 7) is 2.15. The molecule has 0 saturated heterocycles. The van der Waals surface area contributed by atoms with Crippen LogP contribution >= 0.6 is 0 Å². The van der Waals surface area contributed by atoms with Gasteiger partial charge in [-0.3, -0.25) is 19.7 Å². The highest BCUT2D eigenvalue weighted by molar-refractivity contribution is 5.78. The van der Waals surface area contributed by atoms with Gasteiger partial charge in [0.1, 0.15) is 5.82 Å². The van der Waals surface area contributed by atoms with Crippen LogP contribution in [0, 0.1) is 0 Å². The molecule has 1 aliphatic heterocycles. The number of aromatic amines is 1. The summed E-state index contributed by atoms with van der Waals surface area (Å²) in [5.74, 6) is 0.585. The molecule has 0 saturated carbocycles. The molecule has 0 spiro atoms. The van der Waals surface area contributed by atoms with E-state index >= 15 is 0 Å². The average Bonchev–Trinajstić information content (AvgIpc) is 2.74. The number of rotatable bonds is 3. The van der Waals surface area contributed by atoms with E-state index in [1.807, 2.05) is 30.3 Å². The highest BCUT2D eigenvalue weighted by Gasteiger charge is 2.22. The van der Waals surface area contributed by atoms with Crippen LogP contribution in [0.15, 0.2) is 65.7 Å². The number of fused-ring (bicyclic) bond motifs is 2. The molecule has 3 aromatic heterocycles. The van der Waals surface area contributed by atoms with Gasteiger partial charge >= 0.3 is 0 Å². The summed E-state index contributed by atoms with van der Waals surface area (Å²) in [6, 6.07) is 16.0. The van der Waals surface area contributed by atoms with Crippen LogP contribution in [0.5, 0.6) is 0 Å². The first kappa shape index (κ1) is 16.8. The first-order chi connectivity index (χ1) is 13.8. The molecule has 138 valence electrons. The molecule has 0 radical (unpaired) electrons. The Morgan fingerprint density at radius 2 is 1.96 bits per heavy atom. The van der Waals surface area contributed by atoms with Gasteiger partial charge in [-0.25, -0.2) is 4.98 Å². The minimum absolute atomic E-state index is 0.0694. The molecule has 0 aliphatic carbocycles. The van der Waals surface area contributed by atoms with Gasteiger partial charge in [0.2, 0.25) is 0 Å². The van der Waals surface area contributed by atoms with Gasteiger partial charge < -0.3 is 4.98 Å².